The Hall–Kier alpha value is -1.84. The molecule has 0 amide bonds. The Morgan fingerprint density at radius 1 is 1.06 bits per heavy atom. The van der Waals surface area contributed by atoms with Crippen LogP contribution in [0.1, 0.15) is 29.7 Å². The third kappa shape index (κ3) is 7.97. The Morgan fingerprint density at radius 2 is 1.90 bits per heavy atom. The summed E-state index contributed by atoms with van der Waals surface area (Å²) >= 11 is 1.72. The van der Waals surface area contributed by atoms with Gasteiger partial charge in [0.2, 0.25) is 0 Å². The van der Waals surface area contributed by atoms with Crippen LogP contribution < -0.4 is 10.6 Å². The molecule has 1 aromatic carbocycles. The lowest BCUT2D eigenvalue weighted by atomic mass is 10.0. The Balaban J connectivity index is 0.00000272. The zero-order valence-corrected chi connectivity index (χ0v) is 20.9. The van der Waals surface area contributed by atoms with Gasteiger partial charge >= 0.3 is 0 Å². The first-order valence-electron chi connectivity index (χ1n) is 10.7. The highest BCUT2D eigenvalue weighted by atomic mass is 127. The summed E-state index contributed by atoms with van der Waals surface area (Å²) in [6.45, 7) is 4.75. The first-order valence-corrected chi connectivity index (χ1v) is 11.6. The molecule has 0 aliphatic carbocycles. The fraction of sp³-hybridized carbons (Fsp3) is 0.375. The summed E-state index contributed by atoms with van der Waals surface area (Å²) < 4.78 is 5.44. The minimum absolute atomic E-state index is 0. The van der Waals surface area contributed by atoms with Crippen LogP contribution in [0.4, 0.5) is 0 Å². The molecule has 3 aromatic rings. The Labute approximate surface area is 206 Å². The van der Waals surface area contributed by atoms with Crippen molar-refractivity contribution in [3.8, 4) is 0 Å². The van der Waals surface area contributed by atoms with E-state index in [4.69, 9.17) is 9.41 Å². The molecule has 0 spiro atoms. The van der Waals surface area contributed by atoms with Crippen molar-refractivity contribution >= 4 is 41.3 Å². The van der Waals surface area contributed by atoms with E-state index >= 15 is 0 Å². The van der Waals surface area contributed by atoms with E-state index in [9.17, 15) is 0 Å². The molecule has 0 bridgehead atoms. The summed E-state index contributed by atoms with van der Waals surface area (Å²) in [5, 5.41) is 11.4. The second kappa shape index (κ2) is 12.9. The minimum Gasteiger partial charge on any atom is -0.469 e. The van der Waals surface area contributed by atoms with Crippen molar-refractivity contribution in [2.45, 2.75) is 38.4 Å². The lowest BCUT2D eigenvalue weighted by Crippen LogP contribution is -2.48. The van der Waals surface area contributed by atoms with Gasteiger partial charge in [-0.1, -0.05) is 30.3 Å². The van der Waals surface area contributed by atoms with Crippen LogP contribution in [0.15, 0.2) is 75.0 Å². The van der Waals surface area contributed by atoms with Crippen LogP contribution in [0.3, 0.4) is 0 Å². The van der Waals surface area contributed by atoms with Crippen molar-refractivity contribution in [2.75, 3.05) is 19.6 Å². The molecule has 31 heavy (non-hydrogen) atoms. The lowest BCUT2D eigenvalue weighted by molar-refractivity contribution is 0.198. The molecule has 3 heterocycles. The predicted octanol–water partition coefficient (Wildman–Crippen LogP) is 4.90. The molecule has 1 fully saturated rings. The Morgan fingerprint density at radius 3 is 2.61 bits per heavy atom. The minimum atomic E-state index is 0. The van der Waals surface area contributed by atoms with Gasteiger partial charge in [0.15, 0.2) is 5.96 Å². The van der Waals surface area contributed by atoms with Gasteiger partial charge in [-0.3, -0.25) is 4.90 Å². The van der Waals surface area contributed by atoms with Gasteiger partial charge in [-0.05, 0) is 52.9 Å². The number of likely N-dealkylation sites (tertiary alicyclic amines) is 1. The number of hydrogen-bond donors (Lipinski definition) is 2. The van der Waals surface area contributed by atoms with Crippen LogP contribution in [-0.2, 0) is 19.5 Å². The zero-order chi connectivity index (χ0) is 20.4. The van der Waals surface area contributed by atoms with Gasteiger partial charge in [0.25, 0.3) is 0 Å². The van der Waals surface area contributed by atoms with Gasteiger partial charge in [0, 0.05) is 38.6 Å². The first-order chi connectivity index (χ1) is 14.8. The third-order valence-electron chi connectivity index (χ3n) is 5.42. The standard InChI is InChI=1S/C24H30N4OS.HI/c1-2-5-20(6-3-1)18-28-13-9-22(10-14-28)27-24(26-17-21-11-16-30-19-21)25-12-8-23-7-4-15-29-23;/h1-7,11,15-16,19,22H,8-10,12-14,17-18H2,(H2,25,26,27);1H. The molecule has 4 rings (SSSR count). The third-order valence-corrected chi connectivity index (χ3v) is 6.15. The average Bonchev–Trinajstić information content (AvgIpc) is 3.48. The van der Waals surface area contributed by atoms with Crippen LogP contribution in [-0.4, -0.2) is 36.5 Å². The Bertz CT molecular complexity index is 876. The van der Waals surface area contributed by atoms with E-state index in [-0.39, 0.29) is 24.0 Å². The predicted molar refractivity (Wildman–Crippen MR) is 139 cm³/mol. The molecule has 2 N–H and O–H groups in total. The summed E-state index contributed by atoms with van der Waals surface area (Å²) in [7, 11) is 0. The summed E-state index contributed by atoms with van der Waals surface area (Å²) in [4.78, 5) is 7.36. The van der Waals surface area contributed by atoms with Crippen LogP contribution in [0.2, 0.25) is 0 Å². The molecule has 5 nitrogen and oxygen atoms in total. The number of guanidine groups is 1. The number of thiophene rings is 1. The Kier molecular flexibility index (Phi) is 9.89. The fourth-order valence-corrected chi connectivity index (χ4v) is 4.39. The largest absolute Gasteiger partial charge is 0.469 e. The topological polar surface area (TPSA) is 52.8 Å². The van der Waals surface area contributed by atoms with Gasteiger partial charge in [-0.15, -0.1) is 24.0 Å². The quantitative estimate of drug-likeness (QED) is 0.238. The van der Waals surface area contributed by atoms with Crippen LogP contribution >= 0.6 is 35.3 Å². The maximum Gasteiger partial charge on any atom is 0.191 e. The fourth-order valence-electron chi connectivity index (χ4n) is 3.73. The van der Waals surface area contributed by atoms with Gasteiger partial charge in [-0.25, -0.2) is 4.99 Å². The van der Waals surface area contributed by atoms with Gasteiger partial charge in [-0.2, -0.15) is 11.3 Å². The number of hydrogen-bond acceptors (Lipinski definition) is 4. The first kappa shape index (κ1) is 23.8. The van der Waals surface area contributed by atoms with Gasteiger partial charge in [0.05, 0.1) is 12.8 Å². The van der Waals surface area contributed by atoms with Gasteiger partial charge < -0.3 is 15.1 Å². The van der Waals surface area contributed by atoms with Crippen molar-refractivity contribution in [3.63, 3.8) is 0 Å². The van der Waals surface area contributed by atoms with E-state index in [0.29, 0.717) is 12.6 Å². The monoisotopic (exact) mass is 550 g/mol. The molecule has 0 saturated carbocycles. The van der Waals surface area contributed by atoms with Crippen molar-refractivity contribution < 1.29 is 4.42 Å². The van der Waals surface area contributed by atoms with Crippen molar-refractivity contribution in [1.29, 1.82) is 0 Å². The summed E-state index contributed by atoms with van der Waals surface area (Å²) in [6, 6.07) is 17.3. The van der Waals surface area contributed by atoms with Gasteiger partial charge in [0.1, 0.15) is 5.76 Å². The van der Waals surface area contributed by atoms with Crippen molar-refractivity contribution in [3.05, 3.63) is 82.4 Å². The van der Waals surface area contributed by atoms with Crippen LogP contribution in [0.5, 0.6) is 0 Å². The van der Waals surface area contributed by atoms with E-state index in [1.54, 1.807) is 17.6 Å². The molecule has 1 aliphatic rings. The zero-order valence-electron chi connectivity index (χ0n) is 17.7. The van der Waals surface area contributed by atoms with E-state index < -0.39 is 0 Å². The maximum atomic E-state index is 5.44. The molecule has 1 aliphatic heterocycles. The lowest BCUT2D eigenvalue weighted by Gasteiger charge is -2.33. The molecular weight excluding hydrogens is 519 g/mol. The molecule has 7 heteroatoms. The number of halogens is 1. The van der Waals surface area contributed by atoms with Crippen LogP contribution in [0.25, 0.3) is 0 Å². The highest BCUT2D eigenvalue weighted by molar-refractivity contribution is 14.0. The molecule has 166 valence electrons. The smallest absolute Gasteiger partial charge is 0.191 e. The second-order valence-electron chi connectivity index (χ2n) is 7.73. The molecule has 0 unspecified atom stereocenters. The number of nitrogens with zero attached hydrogens (tertiary/aromatic N) is 2. The number of benzene rings is 1. The van der Waals surface area contributed by atoms with E-state index in [1.807, 2.05) is 12.1 Å². The van der Waals surface area contributed by atoms with E-state index in [1.165, 1.54) is 11.1 Å². The molecule has 1 saturated heterocycles. The van der Waals surface area contributed by atoms with Crippen molar-refractivity contribution in [2.24, 2.45) is 4.99 Å². The SMILES string of the molecule is I.c1ccc(CN2CCC(NC(=NCc3ccsc3)NCCc3ccco3)CC2)cc1. The normalized spacial score (nSPS) is 15.4. The molecule has 2 aromatic heterocycles. The molecule has 0 atom stereocenters. The number of furan rings is 1. The average molecular weight is 551 g/mol. The highest BCUT2D eigenvalue weighted by Crippen LogP contribution is 2.14. The van der Waals surface area contributed by atoms with Crippen LogP contribution in [0, 0.1) is 0 Å². The van der Waals surface area contributed by atoms with E-state index in [2.05, 4.69) is 62.7 Å². The number of rotatable bonds is 8. The highest BCUT2D eigenvalue weighted by Gasteiger charge is 2.20. The molecular formula is C24H31IN4OS. The summed E-state index contributed by atoms with van der Waals surface area (Å²) in [5.74, 6) is 1.89. The van der Waals surface area contributed by atoms with E-state index in [0.717, 1.165) is 57.2 Å². The maximum absolute atomic E-state index is 5.44. The summed E-state index contributed by atoms with van der Waals surface area (Å²) in [6.07, 6.45) is 4.83. The van der Waals surface area contributed by atoms with Crippen molar-refractivity contribution in [1.82, 2.24) is 15.5 Å². The summed E-state index contributed by atoms with van der Waals surface area (Å²) in [5.41, 5.74) is 2.64. The molecule has 0 radical (unpaired) electrons. The number of aliphatic imine (C=N–C) groups is 1. The second-order valence-corrected chi connectivity index (χ2v) is 8.51. The number of nitrogens with one attached hydrogen (secondary N) is 2. The number of piperidine rings is 1.